The van der Waals surface area contributed by atoms with Gasteiger partial charge in [-0.15, -0.1) is 23.4 Å². The Balaban J connectivity index is 1.58. The Labute approximate surface area is 153 Å². The molecular weight excluding hydrogens is 361 g/mol. The molecule has 27 heavy (non-hydrogen) atoms. The van der Waals surface area contributed by atoms with Gasteiger partial charge < -0.3 is 9.47 Å². The number of aromatic nitrogens is 4. The molecule has 3 aromatic rings. The van der Waals surface area contributed by atoms with Crippen molar-refractivity contribution in [1.29, 1.82) is 0 Å². The van der Waals surface area contributed by atoms with Crippen LogP contribution in [0.3, 0.4) is 0 Å². The molecule has 1 aromatic carbocycles. The lowest BCUT2D eigenvalue weighted by Gasteiger charge is -2.21. The van der Waals surface area contributed by atoms with E-state index < -0.39 is 6.36 Å². The number of hydrogen-bond donors (Lipinski definition) is 0. The quantitative estimate of drug-likeness (QED) is 0.693. The predicted molar refractivity (Wildman–Crippen MR) is 90.1 cm³/mol. The van der Waals surface area contributed by atoms with E-state index in [1.54, 1.807) is 12.4 Å². The van der Waals surface area contributed by atoms with Crippen molar-refractivity contribution >= 4 is 5.65 Å². The van der Waals surface area contributed by atoms with Crippen molar-refractivity contribution in [3.05, 3.63) is 42.5 Å². The van der Waals surface area contributed by atoms with Gasteiger partial charge in [-0.1, -0.05) is 0 Å². The third kappa shape index (κ3) is 4.19. The Morgan fingerprint density at radius 3 is 2.70 bits per heavy atom. The molecular formula is C18H17F3N4O2. The van der Waals surface area contributed by atoms with Gasteiger partial charge in [0.15, 0.2) is 5.65 Å². The second-order valence-electron chi connectivity index (χ2n) is 6.48. The SMILES string of the molecule is FC(F)(F)Oc1ccc(-c2cn3c(C[C@@H]4CCCOC4)nnc3cn2)cc1. The summed E-state index contributed by atoms with van der Waals surface area (Å²) in [6.45, 7) is 1.52. The fraction of sp³-hybridized carbons (Fsp3) is 0.389. The molecule has 0 amide bonds. The molecule has 1 saturated heterocycles. The first-order chi connectivity index (χ1) is 13.0. The summed E-state index contributed by atoms with van der Waals surface area (Å²) in [6, 6.07) is 5.60. The highest BCUT2D eigenvalue weighted by Gasteiger charge is 2.31. The van der Waals surface area contributed by atoms with E-state index in [0.717, 1.165) is 31.7 Å². The maximum absolute atomic E-state index is 12.3. The Kier molecular flexibility index (Phi) is 4.69. The van der Waals surface area contributed by atoms with Crippen LogP contribution in [0.2, 0.25) is 0 Å². The average Bonchev–Trinajstić information content (AvgIpc) is 3.04. The molecule has 0 aliphatic carbocycles. The maximum Gasteiger partial charge on any atom is 0.573 e. The van der Waals surface area contributed by atoms with Crippen molar-refractivity contribution in [3.63, 3.8) is 0 Å². The molecule has 2 aromatic heterocycles. The summed E-state index contributed by atoms with van der Waals surface area (Å²) in [5.74, 6) is 0.956. The first-order valence-corrected chi connectivity index (χ1v) is 8.61. The predicted octanol–water partition coefficient (Wildman–Crippen LogP) is 3.66. The molecule has 0 unspecified atom stereocenters. The van der Waals surface area contributed by atoms with Crippen molar-refractivity contribution in [3.8, 4) is 17.0 Å². The summed E-state index contributed by atoms with van der Waals surface area (Å²) < 4.78 is 48.1. The minimum Gasteiger partial charge on any atom is -0.406 e. The van der Waals surface area contributed by atoms with Crippen molar-refractivity contribution in [2.75, 3.05) is 13.2 Å². The summed E-state index contributed by atoms with van der Waals surface area (Å²) in [5, 5.41) is 8.39. The molecule has 4 rings (SSSR count). The lowest BCUT2D eigenvalue weighted by Crippen LogP contribution is -2.20. The Morgan fingerprint density at radius 2 is 2.00 bits per heavy atom. The normalized spacial score (nSPS) is 18.0. The van der Waals surface area contributed by atoms with E-state index in [4.69, 9.17) is 4.74 Å². The monoisotopic (exact) mass is 378 g/mol. The Bertz CT molecular complexity index is 918. The van der Waals surface area contributed by atoms with Gasteiger partial charge in [-0.05, 0) is 43.0 Å². The number of rotatable bonds is 4. The van der Waals surface area contributed by atoms with Crippen LogP contribution in [0.25, 0.3) is 16.9 Å². The number of ether oxygens (including phenoxy) is 2. The molecule has 1 atom stereocenters. The largest absolute Gasteiger partial charge is 0.573 e. The van der Waals surface area contributed by atoms with E-state index in [1.807, 2.05) is 4.40 Å². The zero-order valence-corrected chi connectivity index (χ0v) is 14.3. The van der Waals surface area contributed by atoms with Gasteiger partial charge in [0.1, 0.15) is 11.6 Å². The fourth-order valence-corrected chi connectivity index (χ4v) is 3.19. The van der Waals surface area contributed by atoms with Crippen LogP contribution >= 0.6 is 0 Å². The highest BCUT2D eigenvalue weighted by molar-refractivity contribution is 5.60. The molecule has 1 aliphatic rings. The number of nitrogens with zero attached hydrogens (tertiary/aromatic N) is 4. The topological polar surface area (TPSA) is 61.5 Å². The van der Waals surface area contributed by atoms with Gasteiger partial charge in [-0.3, -0.25) is 9.38 Å². The maximum atomic E-state index is 12.3. The molecule has 0 radical (unpaired) electrons. The van der Waals surface area contributed by atoms with Gasteiger partial charge in [0.25, 0.3) is 0 Å². The van der Waals surface area contributed by atoms with Crippen molar-refractivity contribution < 1.29 is 22.6 Å². The van der Waals surface area contributed by atoms with Crippen LogP contribution in [0.15, 0.2) is 36.7 Å². The molecule has 0 bridgehead atoms. The van der Waals surface area contributed by atoms with E-state index in [-0.39, 0.29) is 5.75 Å². The highest BCUT2D eigenvalue weighted by Crippen LogP contribution is 2.26. The average molecular weight is 378 g/mol. The molecule has 0 N–H and O–H groups in total. The van der Waals surface area contributed by atoms with Crippen molar-refractivity contribution in [1.82, 2.24) is 19.6 Å². The lowest BCUT2D eigenvalue weighted by molar-refractivity contribution is -0.274. The highest BCUT2D eigenvalue weighted by atomic mass is 19.4. The zero-order valence-electron chi connectivity index (χ0n) is 14.3. The van der Waals surface area contributed by atoms with Gasteiger partial charge >= 0.3 is 6.36 Å². The Morgan fingerprint density at radius 1 is 1.19 bits per heavy atom. The molecule has 0 spiro atoms. The first kappa shape index (κ1) is 17.7. The second-order valence-corrected chi connectivity index (χ2v) is 6.48. The summed E-state index contributed by atoms with van der Waals surface area (Å²) in [6.07, 6.45) is 1.58. The summed E-state index contributed by atoms with van der Waals surface area (Å²) in [7, 11) is 0. The minimum absolute atomic E-state index is 0.269. The van der Waals surface area contributed by atoms with Gasteiger partial charge in [-0.2, -0.15) is 0 Å². The van der Waals surface area contributed by atoms with Crippen LogP contribution in [-0.4, -0.2) is 39.2 Å². The van der Waals surface area contributed by atoms with Crippen LogP contribution in [-0.2, 0) is 11.2 Å². The zero-order chi connectivity index (χ0) is 18.9. The standard InChI is InChI=1S/C18H17F3N4O2/c19-18(20,21)27-14-5-3-13(4-6-14)15-10-25-16(23-24-17(25)9-22-15)8-12-2-1-7-26-11-12/h3-6,9-10,12H,1-2,7-8,11H2/t12-/m0/s1. The molecule has 6 nitrogen and oxygen atoms in total. The third-order valence-corrected chi connectivity index (χ3v) is 4.47. The van der Waals surface area contributed by atoms with Gasteiger partial charge in [-0.25, -0.2) is 0 Å². The number of hydrogen-bond acceptors (Lipinski definition) is 5. The number of halogens is 3. The van der Waals surface area contributed by atoms with Crippen LogP contribution in [0.5, 0.6) is 5.75 Å². The minimum atomic E-state index is -4.71. The smallest absolute Gasteiger partial charge is 0.406 e. The van der Waals surface area contributed by atoms with E-state index in [9.17, 15) is 13.2 Å². The van der Waals surface area contributed by atoms with Crippen LogP contribution in [0.4, 0.5) is 13.2 Å². The van der Waals surface area contributed by atoms with E-state index in [1.165, 1.54) is 24.3 Å². The molecule has 0 saturated carbocycles. The lowest BCUT2D eigenvalue weighted by atomic mass is 9.98. The van der Waals surface area contributed by atoms with E-state index in [2.05, 4.69) is 19.9 Å². The molecule has 142 valence electrons. The Hall–Kier alpha value is -2.68. The summed E-state index contributed by atoms with van der Waals surface area (Å²) in [5.41, 5.74) is 1.91. The van der Waals surface area contributed by atoms with Gasteiger partial charge in [0.2, 0.25) is 0 Å². The fourth-order valence-electron chi connectivity index (χ4n) is 3.19. The molecule has 1 aliphatic heterocycles. The number of benzene rings is 1. The summed E-state index contributed by atoms with van der Waals surface area (Å²) in [4.78, 5) is 4.33. The van der Waals surface area contributed by atoms with Gasteiger partial charge in [0.05, 0.1) is 11.9 Å². The number of alkyl halides is 3. The molecule has 3 heterocycles. The van der Waals surface area contributed by atoms with E-state index in [0.29, 0.717) is 29.4 Å². The molecule has 9 heteroatoms. The van der Waals surface area contributed by atoms with Crippen molar-refractivity contribution in [2.45, 2.75) is 25.6 Å². The number of fused-ring (bicyclic) bond motifs is 1. The summed E-state index contributed by atoms with van der Waals surface area (Å²) >= 11 is 0. The van der Waals surface area contributed by atoms with Crippen LogP contribution in [0.1, 0.15) is 18.7 Å². The van der Waals surface area contributed by atoms with E-state index >= 15 is 0 Å². The third-order valence-electron chi connectivity index (χ3n) is 4.47. The van der Waals surface area contributed by atoms with Crippen molar-refractivity contribution in [2.24, 2.45) is 5.92 Å². The van der Waals surface area contributed by atoms with Crippen LogP contribution < -0.4 is 4.74 Å². The second kappa shape index (κ2) is 7.15. The molecule has 1 fully saturated rings. The van der Waals surface area contributed by atoms with Crippen LogP contribution in [0, 0.1) is 5.92 Å². The van der Waals surface area contributed by atoms with Gasteiger partial charge in [0, 0.05) is 31.4 Å². The first-order valence-electron chi connectivity index (χ1n) is 8.61.